The lowest BCUT2D eigenvalue weighted by Crippen LogP contribution is -2.03. The molecule has 0 spiro atoms. The lowest BCUT2D eigenvalue weighted by atomic mass is 10.1. The zero-order chi connectivity index (χ0) is 31.2. The maximum Gasteiger partial charge on any atom is 0.178 e. The van der Waals surface area contributed by atoms with Crippen LogP contribution in [0, 0.1) is 13.8 Å². The van der Waals surface area contributed by atoms with Crippen molar-refractivity contribution in [2.24, 2.45) is 0 Å². The molecular weight excluding hydrogens is 560 g/mol. The van der Waals surface area contributed by atoms with Gasteiger partial charge >= 0.3 is 0 Å². The molecule has 0 radical (unpaired) electrons. The van der Waals surface area contributed by atoms with E-state index in [0.717, 1.165) is 87.4 Å². The molecule has 0 unspecified atom stereocenters. The number of rotatable bonds is 10. The predicted molar refractivity (Wildman–Crippen MR) is 176 cm³/mol. The van der Waals surface area contributed by atoms with Gasteiger partial charge in [0, 0.05) is 33.9 Å². The highest BCUT2D eigenvalue weighted by Gasteiger charge is 2.14. The number of hydrogen-bond donors (Lipinski definition) is 0. The Morgan fingerprint density at radius 2 is 0.911 bits per heavy atom. The molecule has 0 atom stereocenters. The molecule has 0 N–H and O–H groups in total. The van der Waals surface area contributed by atoms with Crippen LogP contribution in [0.1, 0.15) is 29.2 Å². The quantitative estimate of drug-likeness (QED) is 0.161. The Morgan fingerprint density at radius 3 is 1.33 bits per heavy atom. The van der Waals surface area contributed by atoms with Crippen molar-refractivity contribution in [3.63, 3.8) is 0 Å². The van der Waals surface area contributed by atoms with Crippen LogP contribution in [0.3, 0.4) is 0 Å². The zero-order valence-corrected chi connectivity index (χ0v) is 25.9. The van der Waals surface area contributed by atoms with Crippen LogP contribution in [-0.4, -0.2) is 44.1 Å². The highest BCUT2D eigenvalue weighted by molar-refractivity contribution is 5.66. The first-order chi connectivity index (χ1) is 22.0. The van der Waals surface area contributed by atoms with Gasteiger partial charge in [-0.3, -0.25) is 0 Å². The van der Waals surface area contributed by atoms with Gasteiger partial charge in [-0.05, 0) is 93.8 Å². The van der Waals surface area contributed by atoms with E-state index in [9.17, 15) is 0 Å². The highest BCUT2D eigenvalue weighted by Crippen LogP contribution is 2.28. The third-order valence-corrected chi connectivity index (χ3v) is 7.39. The first kappa shape index (κ1) is 29.6. The molecule has 0 fully saturated rings. The maximum absolute atomic E-state index is 5.47. The second-order valence-electron chi connectivity index (χ2n) is 10.8. The number of nitrogens with zero attached hydrogens (tertiary/aromatic N) is 6. The molecule has 4 heterocycles. The van der Waals surface area contributed by atoms with Crippen molar-refractivity contribution in [3.8, 4) is 57.1 Å². The van der Waals surface area contributed by atoms with Crippen LogP contribution in [0.15, 0.2) is 97.1 Å². The number of hydrogen-bond acceptors (Lipinski definition) is 8. The van der Waals surface area contributed by atoms with Crippen molar-refractivity contribution < 1.29 is 9.47 Å². The zero-order valence-electron chi connectivity index (χ0n) is 25.9. The fourth-order valence-electron chi connectivity index (χ4n) is 5.13. The van der Waals surface area contributed by atoms with Gasteiger partial charge in [-0.15, -0.1) is 0 Å². The molecule has 0 aliphatic heterocycles. The molecule has 6 aromatic rings. The second kappa shape index (κ2) is 13.4. The van der Waals surface area contributed by atoms with Gasteiger partial charge in [0.2, 0.25) is 0 Å². The molecule has 45 heavy (non-hydrogen) atoms. The highest BCUT2D eigenvalue weighted by atomic mass is 16.5. The van der Waals surface area contributed by atoms with E-state index in [2.05, 4.69) is 12.1 Å². The third-order valence-electron chi connectivity index (χ3n) is 7.39. The summed E-state index contributed by atoms with van der Waals surface area (Å²) in [6.07, 6.45) is 2.29. The Kier molecular flexibility index (Phi) is 8.82. The second-order valence-corrected chi connectivity index (χ2v) is 10.8. The molecule has 0 aliphatic rings. The van der Waals surface area contributed by atoms with E-state index < -0.39 is 0 Å². The SMILES string of the molecule is COc1cccc(-c2cc(CCCc3cc(-c4cccc(OC)c4)nc(-c4cccc(C)n4)n3)nc(-c3cccc(C)n3)n2)c1. The van der Waals surface area contributed by atoms with Crippen molar-refractivity contribution in [2.45, 2.75) is 33.1 Å². The number of pyridine rings is 2. The summed E-state index contributed by atoms with van der Waals surface area (Å²) in [5.74, 6) is 2.75. The van der Waals surface area contributed by atoms with Crippen LogP contribution < -0.4 is 9.47 Å². The first-order valence-corrected chi connectivity index (χ1v) is 14.9. The fourth-order valence-corrected chi connectivity index (χ4v) is 5.13. The molecule has 0 aliphatic carbocycles. The van der Waals surface area contributed by atoms with Crippen molar-refractivity contribution in [1.82, 2.24) is 29.9 Å². The molecular formula is C37H34N6O2. The van der Waals surface area contributed by atoms with Gasteiger partial charge in [0.15, 0.2) is 11.6 Å². The molecule has 8 heteroatoms. The average Bonchev–Trinajstić information content (AvgIpc) is 3.08. The number of ether oxygens (including phenoxy) is 2. The number of aryl methyl sites for hydroxylation is 4. The van der Waals surface area contributed by atoms with E-state index in [1.54, 1.807) is 14.2 Å². The lowest BCUT2D eigenvalue weighted by molar-refractivity contribution is 0.415. The van der Waals surface area contributed by atoms with E-state index in [-0.39, 0.29) is 0 Å². The molecule has 224 valence electrons. The molecule has 0 saturated heterocycles. The number of aromatic nitrogens is 6. The third kappa shape index (κ3) is 7.18. The van der Waals surface area contributed by atoms with Crippen LogP contribution in [-0.2, 0) is 12.8 Å². The molecule has 0 bridgehead atoms. The van der Waals surface area contributed by atoms with E-state index in [0.29, 0.717) is 11.6 Å². The van der Waals surface area contributed by atoms with E-state index in [1.807, 2.05) is 98.8 Å². The summed E-state index contributed by atoms with van der Waals surface area (Å²) in [6, 6.07) is 31.7. The Bertz CT molecular complexity index is 1820. The Hall–Kier alpha value is -5.50. The molecule has 8 nitrogen and oxygen atoms in total. The minimum atomic E-state index is 0.601. The minimum Gasteiger partial charge on any atom is -0.497 e. The smallest absolute Gasteiger partial charge is 0.178 e. The normalized spacial score (nSPS) is 10.9. The first-order valence-electron chi connectivity index (χ1n) is 14.9. The number of benzene rings is 2. The summed E-state index contributed by atoms with van der Waals surface area (Å²) in [5, 5.41) is 0. The van der Waals surface area contributed by atoms with Gasteiger partial charge in [-0.1, -0.05) is 36.4 Å². The summed E-state index contributed by atoms with van der Waals surface area (Å²) in [5.41, 5.74) is 8.76. The molecule has 6 rings (SSSR count). The van der Waals surface area contributed by atoms with E-state index in [4.69, 9.17) is 39.4 Å². The van der Waals surface area contributed by atoms with Crippen molar-refractivity contribution in [3.05, 3.63) is 120 Å². The van der Waals surface area contributed by atoms with E-state index >= 15 is 0 Å². The largest absolute Gasteiger partial charge is 0.497 e. The molecule has 2 aromatic carbocycles. The summed E-state index contributed by atoms with van der Waals surface area (Å²) in [6.45, 7) is 3.94. The molecule has 0 amide bonds. The molecule has 4 aromatic heterocycles. The summed E-state index contributed by atoms with van der Waals surface area (Å²) < 4.78 is 10.9. The Morgan fingerprint density at radius 1 is 0.467 bits per heavy atom. The average molecular weight is 595 g/mol. The maximum atomic E-state index is 5.47. The van der Waals surface area contributed by atoms with Crippen molar-refractivity contribution in [2.75, 3.05) is 14.2 Å². The van der Waals surface area contributed by atoms with Gasteiger partial charge in [0.05, 0.1) is 25.6 Å². The van der Waals surface area contributed by atoms with Crippen LogP contribution in [0.4, 0.5) is 0 Å². The van der Waals surface area contributed by atoms with Crippen LogP contribution in [0.25, 0.3) is 45.6 Å². The minimum absolute atomic E-state index is 0.601. The molecule has 0 saturated carbocycles. The number of methoxy groups -OCH3 is 2. The van der Waals surface area contributed by atoms with Crippen molar-refractivity contribution >= 4 is 0 Å². The van der Waals surface area contributed by atoms with Gasteiger partial charge in [0.1, 0.15) is 22.9 Å². The monoisotopic (exact) mass is 594 g/mol. The Labute approximate surface area is 263 Å². The summed E-state index contributed by atoms with van der Waals surface area (Å²) >= 11 is 0. The standard InChI is InChI=1S/C37H34N6O2/c1-24-10-5-18-32(38-24)36-40-28(22-34(42-36)26-12-7-16-30(20-26)44-3)14-9-15-29-23-35(27-13-8-17-31(21-27)45-4)43-37(41-29)33-19-6-11-25(2)39-33/h5-8,10-13,16-23H,9,14-15H2,1-4H3. The topological polar surface area (TPSA) is 95.8 Å². The van der Waals surface area contributed by atoms with Crippen molar-refractivity contribution in [1.29, 1.82) is 0 Å². The van der Waals surface area contributed by atoms with Gasteiger partial charge in [0.25, 0.3) is 0 Å². The van der Waals surface area contributed by atoms with Gasteiger partial charge in [-0.25, -0.2) is 29.9 Å². The van der Waals surface area contributed by atoms with Crippen LogP contribution >= 0.6 is 0 Å². The van der Waals surface area contributed by atoms with Crippen LogP contribution in [0.5, 0.6) is 11.5 Å². The van der Waals surface area contributed by atoms with Gasteiger partial charge < -0.3 is 9.47 Å². The summed E-state index contributed by atoms with van der Waals surface area (Å²) in [4.78, 5) is 29.1. The predicted octanol–water partition coefficient (Wildman–Crippen LogP) is 7.53. The fraction of sp³-hybridized carbons (Fsp3) is 0.189. The lowest BCUT2D eigenvalue weighted by Gasteiger charge is -2.11. The summed E-state index contributed by atoms with van der Waals surface area (Å²) in [7, 11) is 3.33. The van der Waals surface area contributed by atoms with Crippen LogP contribution in [0.2, 0.25) is 0 Å². The van der Waals surface area contributed by atoms with E-state index in [1.165, 1.54) is 0 Å². The van der Waals surface area contributed by atoms with Gasteiger partial charge in [-0.2, -0.15) is 0 Å². The Balaban J connectivity index is 1.32.